The highest BCUT2D eigenvalue weighted by Crippen LogP contribution is 1.96. The Morgan fingerprint density at radius 1 is 1.50 bits per heavy atom. The Kier molecular flexibility index (Phi) is 5.66. The lowest BCUT2D eigenvalue weighted by molar-refractivity contribution is -0.146. The van der Waals surface area contributed by atoms with Gasteiger partial charge in [-0.15, -0.1) is 0 Å². The second-order valence-electron chi connectivity index (χ2n) is 2.75. The molecule has 2 atom stereocenters. The molecule has 0 saturated carbocycles. The molecule has 0 amide bonds. The number of hydrogen-bond donors (Lipinski definition) is 2. The number of nitrogens with one attached hydrogen (secondary N) is 1. The predicted molar refractivity (Wildman–Crippen MR) is 45.7 cm³/mol. The van der Waals surface area contributed by atoms with E-state index in [1.807, 2.05) is 13.8 Å². The van der Waals surface area contributed by atoms with Crippen LogP contribution in [-0.2, 0) is 9.63 Å². The summed E-state index contributed by atoms with van der Waals surface area (Å²) in [6, 6.07) is -0.598. The summed E-state index contributed by atoms with van der Waals surface area (Å²) in [6.45, 7) is 5.67. The van der Waals surface area contributed by atoms with Crippen molar-refractivity contribution in [2.75, 3.05) is 0 Å². The number of aliphatic carboxylic acids is 1. The van der Waals surface area contributed by atoms with E-state index in [2.05, 4.69) is 5.48 Å². The number of carboxylic acids is 1. The summed E-state index contributed by atoms with van der Waals surface area (Å²) in [4.78, 5) is 15.6. The first-order chi connectivity index (χ1) is 5.61. The summed E-state index contributed by atoms with van der Waals surface area (Å²) in [5.41, 5.74) is 2.52. The van der Waals surface area contributed by atoms with Gasteiger partial charge < -0.3 is 5.11 Å². The van der Waals surface area contributed by atoms with Gasteiger partial charge in [0.2, 0.25) is 0 Å². The number of hydrogen-bond acceptors (Lipinski definition) is 3. The molecule has 12 heavy (non-hydrogen) atoms. The Labute approximate surface area is 72.9 Å². The van der Waals surface area contributed by atoms with Crippen LogP contribution < -0.4 is 5.48 Å². The molecule has 0 radical (unpaired) electrons. The molecule has 4 nitrogen and oxygen atoms in total. The molecule has 4 heteroatoms. The zero-order valence-corrected chi connectivity index (χ0v) is 7.83. The Morgan fingerprint density at radius 3 is 2.42 bits per heavy atom. The first-order valence-electron chi connectivity index (χ1n) is 4.25. The highest BCUT2D eigenvalue weighted by molar-refractivity contribution is 5.73. The van der Waals surface area contributed by atoms with Gasteiger partial charge in [-0.1, -0.05) is 13.8 Å². The van der Waals surface area contributed by atoms with E-state index in [0.717, 1.165) is 6.42 Å². The largest absolute Gasteiger partial charge is 0.480 e. The highest BCUT2D eigenvalue weighted by atomic mass is 16.7. The van der Waals surface area contributed by atoms with Crippen LogP contribution in [0.5, 0.6) is 0 Å². The minimum absolute atomic E-state index is 0.0541. The molecule has 0 aromatic heterocycles. The molecule has 0 aliphatic heterocycles. The van der Waals surface area contributed by atoms with Crippen LogP contribution in [0.4, 0.5) is 0 Å². The van der Waals surface area contributed by atoms with Crippen LogP contribution in [0.1, 0.15) is 33.6 Å². The van der Waals surface area contributed by atoms with Crippen molar-refractivity contribution in [2.45, 2.75) is 45.8 Å². The average Bonchev–Trinajstić information content (AvgIpc) is 2.04. The molecule has 2 unspecified atom stereocenters. The minimum atomic E-state index is -0.874. The van der Waals surface area contributed by atoms with Crippen molar-refractivity contribution in [2.24, 2.45) is 0 Å². The van der Waals surface area contributed by atoms with Gasteiger partial charge in [-0.25, -0.2) is 0 Å². The maximum absolute atomic E-state index is 10.5. The number of hydroxylamine groups is 1. The van der Waals surface area contributed by atoms with Crippen molar-refractivity contribution >= 4 is 5.97 Å². The van der Waals surface area contributed by atoms with Crippen LogP contribution in [0.15, 0.2) is 0 Å². The molecule has 0 spiro atoms. The highest BCUT2D eigenvalue weighted by Gasteiger charge is 2.14. The van der Waals surface area contributed by atoms with Crippen LogP contribution in [0, 0.1) is 0 Å². The molecular formula is C8H17NO3. The lowest BCUT2D eigenvalue weighted by atomic mass is 10.2. The van der Waals surface area contributed by atoms with Gasteiger partial charge in [-0.05, 0) is 19.8 Å². The molecule has 0 bridgehead atoms. The fraction of sp³-hybridized carbons (Fsp3) is 0.875. The van der Waals surface area contributed by atoms with Crippen LogP contribution >= 0.6 is 0 Å². The summed E-state index contributed by atoms with van der Waals surface area (Å²) in [5, 5.41) is 8.62. The van der Waals surface area contributed by atoms with E-state index in [1.54, 1.807) is 6.92 Å². The van der Waals surface area contributed by atoms with Crippen molar-refractivity contribution in [3.05, 3.63) is 0 Å². The summed E-state index contributed by atoms with van der Waals surface area (Å²) < 4.78 is 0. The van der Waals surface area contributed by atoms with Gasteiger partial charge >= 0.3 is 5.97 Å². The van der Waals surface area contributed by atoms with Gasteiger partial charge in [0.25, 0.3) is 0 Å². The van der Waals surface area contributed by atoms with Crippen LogP contribution in [-0.4, -0.2) is 23.2 Å². The van der Waals surface area contributed by atoms with E-state index < -0.39 is 12.0 Å². The fourth-order valence-electron chi connectivity index (χ4n) is 0.590. The number of carboxylic acid groups (broad SMARTS) is 1. The van der Waals surface area contributed by atoms with E-state index in [4.69, 9.17) is 9.94 Å². The fourth-order valence-corrected chi connectivity index (χ4v) is 0.590. The summed E-state index contributed by atoms with van der Waals surface area (Å²) in [5.74, 6) is -0.874. The van der Waals surface area contributed by atoms with Gasteiger partial charge in [0, 0.05) is 0 Å². The third-order valence-corrected chi connectivity index (χ3v) is 1.69. The van der Waals surface area contributed by atoms with E-state index in [0.29, 0.717) is 6.42 Å². The van der Waals surface area contributed by atoms with Gasteiger partial charge in [-0.2, -0.15) is 5.48 Å². The van der Waals surface area contributed by atoms with E-state index >= 15 is 0 Å². The van der Waals surface area contributed by atoms with Crippen molar-refractivity contribution in [1.82, 2.24) is 5.48 Å². The molecule has 0 fully saturated rings. The van der Waals surface area contributed by atoms with E-state index in [-0.39, 0.29) is 6.10 Å². The van der Waals surface area contributed by atoms with Crippen molar-refractivity contribution in [3.8, 4) is 0 Å². The molecule has 0 aromatic rings. The van der Waals surface area contributed by atoms with E-state index in [1.165, 1.54) is 0 Å². The van der Waals surface area contributed by atoms with Gasteiger partial charge in [0.1, 0.15) is 6.04 Å². The molecular weight excluding hydrogens is 158 g/mol. The maximum atomic E-state index is 10.5. The normalized spacial score (nSPS) is 15.6. The Hall–Kier alpha value is -0.610. The zero-order chi connectivity index (χ0) is 9.56. The average molecular weight is 175 g/mol. The predicted octanol–water partition coefficient (Wildman–Crippen LogP) is 1.17. The second kappa shape index (κ2) is 5.97. The molecule has 72 valence electrons. The van der Waals surface area contributed by atoms with E-state index in [9.17, 15) is 4.79 Å². The molecule has 0 aromatic carbocycles. The Balaban J connectivity index is 3.65. The Morgan fingerprint density at radius 2 is 2.08 bits per heavy atom. The minimum Gasteiger partial charge on any atom is -0.480 e. The lowest BCUT2D eigenvalue weighted by Gasteiger charge is -2.15. The Bertz CT molecular complexity index is 138. The van der Waals surface area contributed by atoms with Crippen molar-refractivity contribution in [1.29, 1.82) is 0 Å². The number of rotatable bonds is 6. The summed E-state index contributed by atoms with van der Waals surface area (Å²) in [7, 11) is 0. The van der Waals surface area contributed by atoms with Crippen molar-refractivity contribution in [3.63, 3.8) is 0 Å². The maximum Gasteiger partial charge on any atom is 0.323 e. The third kappa shape index (κ3) is 4.31. The topological polar surface area (TPSA) is 58.6 Å². The first kappa shape index (κ1) is 11.4. The third-order valence-electron chi connectivity index (χ3n) is 1.69. The monoisotopic (exact) mass is 175 g/mol. The van der Waals surface area contributed by atoms with Crippen LogP contribution in [0.3, 0.4) is 0 Å². The number of carbonyl (C=O) groups is 1. The van der Waals surface area contributed by atoms with Gasteiger partial charge in [-0.3, -0.25) is 9.63 Å². The SMILES string of the molecule is CCC(C)ONC(CC)C(=O)O. The molecule has 2 N–H and O–H groups in total. The molecule has 0 rings (SSSR count). The molecule has 0 heterocycles. The first-order valence-corrected chi connectivity index (χ1v) is 4.25. The van der Waals surface area contributed by atoms with Crippen LogP contribution in [0.25, 0.3) is 0 Å². The van der Waals surface area contributed by atoms with Gasteiger partial charge in [0.05, 0.1) is 6.10 Å². The summed E-state index contributed by atoms with van der Waals surface area (Å²) in [6.07, 6.45) is 1.44. The lowest BCUT2D eigenvalue weighted by Crippen LogP contribution is -2.38. The zero-order valence-electron chi connectivity index (χ0n) is 7.83. The van der Waals surface area contributed by atoms with Crippen molar-refractivity contribution < 1.29 is 14.7 Å². The summed E-state index contributed by atoms with van der Waals surface area (Å²) >= 11 is 0. The molecule has 0 saturated heterocycles. The standard InChI is InChI=1S/C8H17NO3/c1-4-6(3)12-9-7(5-2)8(10)11/h6-7,9H,4-5H2,1-3H3,(H,10,11). The second-order valence-corrected chi connectivity index (χ2v) is 2.75. The van der Waals surface area contributed by atoms with Gasteiger partial charge in [0.15, 0.2) is 0 Å². The quantitative estimate of drug-likeness (QED) is 0.595. The molecule has 0 aliphatic carbocycles. The smallest absolute Gasteiger partial charge is 0.323 e. The molecule has 0 aliphatic rings. The van der Waals surface area contributed by atoms with Crippen LogP contribution in [0.2, 0.25) is 0 Å².